The Morgan fingerprint density at radius 1 is 0.885 bits per heavy atom. The summed E-state index contributed by atoms with van der Waals surface area (Å²) in [6.07, 6.45) is 0. The maximum atomic E-state index is 12.9. The van der Waals surface area contributed by atoms with Crippen molar-refractivity contribution >= 4 is 11.7 Å². The molecule has 0 aliphatic rings. The molecule has 0 aromatic heterocycles. The van der Waals surface area contributed by atoms with Crippen molar-refractivity contribution in [1.82, 2.24) is 0 Å². The molecule has 0 atom stereocenters. The molecule has 26 heavy (non-hydrogen) atoms. The fraction of sp³-hybridized carbons (Fsp3) is 0.0952. The van der Waals surface area contributed by atoms with Crippen LogP contribution in [0.1, 0.15) is 21.5 Å². The van der Waals surface area contributed by atoms with E-state index < -0.39 is 5.97 Å². The molecule has 0 radical (unpaired) electrons. The van der Waals surface area contributed by atoms with Gasteiger partial charge < -0.3 is 15.2 Å². The van der Waals surface area contributed by atoms with Gasteiger partial charge in [0.15, 0.2) is 0 Å². The van der Waals surface area contributed by atoms with Crippen molar-refractivity contribution in [3.8, 4) is 5.75 Å². The molecule has 0 saturated carbocycles. The number of ether oxygens (including phenoxy) is 2. The first-order valence-electron chi connectivity index (χ1n) is 8.09. The molecule has 0 aliphatic carbocycles. The van der Waals surface area contributed by atoms with Crippen LogP contribution in [-0.2, 0) is 18.0 Å². The summed E-state index contributed by atoms with van der Waals surface area (Å²) < 4.78 is 23.9. The summed E-state index contributed by atoms with van der Waals surface area (Å²) in [5.41, 5.74) is 8.37. The largest absolute Gasteiger partial charge is 0.487 e. The van der Waals surface area contributed by atoms with Crippen molar-refractivity contribution in [3.63, 3.8) is 0 Å². The lowest BCUT2D eigenvalue weighted by molar-refractivity contribution is 0.0472. The molecule has 2 N–H and O–H groups in total. The number of carbonyl (C=O) groups excluding carboxylic acids is 1. The highest BCUT2D eigenvalue weighted by molar-refractivity contribution is 5.90. The Labute approximate surface area is 151 Å². The zero-order chi connectivity index (χ0) is 18.4. The number of carbonyl (C=O) groups is 1. The molecule has 3 rings (SSSR count). The smallest absolute Gasteiger partial charge is 0.338 e. The fourth-order valence-corrected chi connectivity index (χ4v) is 2.33. The lowest BCUT2D eigenvalue weighted by Gasteiger charge is -2.11. The molecule has 0 unspecified atom stereocenters. The number of hydrogen-bond acceptors (Lipinski definition) is 4. The SMILES string of the molecule is Nc1ccc(C(=O)OCc2ccccc2)cc1OCc1ccc(F)cc1. The third kappa shape index (κ3) is 4.60. The van der Waals surface area contributed by atoms with Gasteiger partial charge in [-0.3, -0.25) is 0 Å². The first kappa shape index (κ1) is 17.5. The van der Waals surface area contributed by atoms with Crippen LogP contribution >= 0.6 is 0 Å². The summed E-state index contributed by atoms with van der Waals surface area (Å²) in [6.45, 7) is 0.406. The number of esters is 1. The molecule has 0 saturated heterocycles. The zero-order valence-electron chi connectivity index (χ0n) is 14.0. The van der Waals surface area contributed by atoms with Crippen LogP contribution in [-0.4, -0.2) is 5.97 Å². The second kappa shape index (κ2) is 8.16. The average molecular weight is 351 g/mol. The molecule has 132 valence electrons. The Kier molecular flexibility index (Phi) is 5.49. The number of rotatable bonds is 6. The van der Waals surface area contributed by atoms with Gasteiger partial charge in [-0.25, -0.2) is 9.18 Å². The van der Waals surface area contributed by atoms with Crippen molar-refractivity contribution in [2.45, 2.75) is 13.2 Å². The van der Waals surface area contributed by atoms with E-state index in [4.69, 9.17) is 15.2 Å². The van der Waals surface area contributed by atoms with E-state index in [2.05, 4.69) is 0 Å². The lowest BCUT2D eigenvalue weighted by atomic mass is 10.2. The zero-order valence-corrected chi connectivity index (χ0v) is 14.0. The van der Waals surface area contributed by atoms with E-state index in [-0.39, 0.29) is 19.0 Å². The van der Waals surface area contributed by atoms with E-state index >= 15 is 0 Å². The quantitative estimate of drug-likeness (QED) is 0.530. The van der Waals surface area contributed by atoms with Crippen LogP contribution in [0.5, 0.6) is 5.75 Å². The molecule has 0 aliphatic heterocycles. The van der Waals surface area contributed by atoms with Gasteiger partial charge in [0, 0.05) is 0 Å². The maximum absolute atomic E-state index is 12.9. The first-order valence-corrected chi connectivity index (χ1v) is 8.09. The van der Waals surface area contributed by atoms with Gasteiger partial charge in [0.05, 0.1) is 11.3 Å². The number of nitrogen functional groups attached to an aromatic ring is 1. The number of halogens is 1. The third-order valence-corrected chi connectivity index (χ3v) is 3.77. The minimum atomic E-state index is -0.458. The Hall–Kier alpha value is -3.34. The second-order valence-corrected chi connectivity index (χ2v) is 5.73. The Morgan fingerprint density at radius 3 is 2.31 bits per heavy atom. The molecule has 3 aromatic rings. The van der Waals surface area contributed by atoms with Gasteiger partial charge in [0.2, 0.25) is 0 Å². The number of anilines is 1. The van der Waals surface area contributed by atoms with E-state index in [1.165, 1.54) is 12.1 Å². The molecule has 4 nitrogen and oxygen atoms in total. The maximum Gasteiger partial charge on any atom is 0.338 e. The van der Waals surface area contributed by atoms with E-state index in [0.29, 0.717) is 17.0 Å². The minimum Gasteiger partial charge on any atom is -0.487 e. The molecule has 0 heterocycles. The van der Waals surface area contributed by atoms with Gasteiger partial charge in [-0.15, -0.1) is 0 Å². The topological polar surface area (TPSA) is 61.6 Å². The lowest BCUT2D eigenvalue weighted by Crippen LogP contribution is -2.07. The van der Waals surface area contributed by atoms with Crippen LogP contribution in [0.25, 0.3) is 0 Å². The number of hydrogen-bond donors (Lipinski definition) is 1. The average Bonchev–Trinajstić information content (AvgIpc) is 2.67. The van der Waals surface area contributed by atoms with Crippen LogP contribution in [0.2, 0.25) is 0 Å². The molecular weight excluding hydrogens is 333 g/mol. The summed E-state index contributed by atoms with van der Waals surface area (Å²) in [4.78, 5) is 12.2. The van der Waals surface area contributed by atoms with Gasteiger partial charge in [-0.1, -0.05) is 42.5 Å². The van der Waals surface area contributed by atoms with Gasteiger partial charge in [0.1, 0.15) is 24.8 Å². The second-order valence-electron chi connectivity index (χ2n) is 5.73. The monoisotopic (exact) mass is 351 g/mol. The number of nitrogens with two attached hydrogens (primary N) is 1. The van der Waals surface area contributed by atoms with Gasteiger partial charge in [-0.05, 0) is 41.5 Å². The predicted octanol–water partition coefficient (Wildman–Crippen LogP) is 4.34. The van der Waals surface area contributed by atoms with Crippen LogP contribution < -0.4 is 10.5 Å². The molecular formula is C21H18FNO3. The van der Waals surface area contributed by atoms with E-state index in [0.717, 1.165) is 11.1 Å². The van der Waals surface area contributed by atoms with E-state index in [1.807, 2.05) is 30.3 Å². The van der Waals surface area contributed by atoms with Gasteiger partial charge in [-0.2, -0.15) is 0 Å². The highest BCUT2D eigenvalue weighted by Gasteiger charge is 2.11. The molecule has 0 fully saturated rings. The molecule has 3 aromatic carbocycles. The van der Waals surface area contributed by atoms with Crippen molar-refractivity contribution in [2.24, 2.45) is 0 Å². The Morgan fingerprint density at radius 2 is 1.58 bits per heavy atom. The molecule has 0 spiro atoms. The van der Waals surface area contributed by atoms with Crippen molar-refractivity contribution in [3.05, 3.63) is 95.3 Å². The van der Waals surface area contributed by atoms with E-state index in [9.17, 15) is 9.18 Å². The van der Waals surface area contributed by atoms with Crippen molar-refractivity contribution in [2.75, 3.05) is 5.73 Å². The van der Waals surface area contributed by atoms with Crippen LogP contribution in [0.15, 0.2) is 72.8 Å². The highest BCUT2D eigenvalue weighted by Crippen LogP contribution is 2.24. The molecule has 0 amide bonds. The molecule has 0 bridgehead atoms. The van der Waals surface area contributed by atoms with Gasteiger partial charge >= 0.3 is 5.97 Å². The third-order valence-electron chi connectivity index (χ3n) is 3.77. The first-order chi connectivity index (χ1) is 12.6. The van der Waals surface area contributed by atoms with Gasteiger partial charge in [0.25, 0.3) is 0 Å². The standard InChI is InChI=1S/C21H18FNO3/c22-18-9-6-16(7-10-18)13-25-20-12-17(8-11-19(20)23)21(24)26-14-15-4-2-1-3-5-15/h1-12H,13-14,23H2. The van der Waals surface area contributed by atoms with Crippen LogP contribution in [0.3, 0.4) is 0 Å². The van der Waals surface area contributed by atoms with Crippen molar-refractivity contribution < 1.29 is 18.7 Å². The summed E-state index contributed by atoms with van der Waals surface area (Å²) in [6, 6.07) is 20.1. The van der Waals surface area contributed by atoms with Crippen LogP contribution in [0, 0.1) is 5.82 Å². The fourth-order valence-electron chi connectivity index (χ4n) is 2.33. The van der Waals surface area contributed by atoms with Crippen molar-refractivity contribution in [1.29, 1.82) is 0 Å². The normalized spacial score (nSPS) is 10.3. The van der Waals surface area contributed by atoms with Crippen LogP contribution in [0.4, 0.5) is 10.1 Å². The Bertz CT molecular complexity index is 880. The summed E-state index contributed by atoms with van der Waals surface area (Å²) >= 11 is 0. The highest BCUT2D eigenvalue weighted by atomic mass is 19.1. The molecule has 5 heteroatoms. The Balaban J connectivity index is 1.64. The summed E-state index contributed by atoms with van der Waals surface area (Å²) in [5.74, 6) is -0.389. The predicted molar refractivity (Wildman–Crippen MR) is 97.1 cm³/mol. The summed E-state index contributed by atoms with van der Waals surface area (Å²) in [7, 11) is 0. The van der Waals surface area contributed by atoms with E-state index in [1.54, 1.807) is 30.3 Å². The number of benzene rings is 3. The summed E-state index contributed by atoms with van der Waals surface area (Å²) in [5, 5.41) is 0. The minimum absolute atomic E-state index is 0.190.